The molecule has 3 fully saturated rings. The van der Waals surface area contributed by atoms with Crippen molar-refractivity contribution < 1.29 is 33.7 Å². The Kier molecular flexibility index (Phi) is 6.73. The van der Waals surface area contributed by atoms with Crippen molar-refractivity contribution in [3.8, 4) is 0 Å². The lowest BCUT2D eigenvalue weighted by molar-refractivity contribution is -0.170. The van der Waals surface area contributed by atoms with Crippen LogP contribution in [0.1, 0.15) is 66.7 Å². The number of esters is 3. The Hall–Kier alpha value is -1.41. The normalized spacial score (nSPS) is 43.3. The van der Waals surface area contributed by atoms with E-state index >= 15 is 0 Å². The van der Waals surface area contributed by atoms with Crippen LogP contribution in [-0.2, 0) is 28.6 Å². The number of aliphatic hydroxyl groups is 1. The lowest BCUT2D eigenvalue weighted by atomic mass is 9.48. The zero-order chi connectivity index (χ0) is 25.1. The van der Waals surface area contributed by atoms with E-state index in [1.165, 1.54) is 26.3 Å². The first-order valence-electron chi connectivity index (χ1n) is 12.3. The third-order valence-electron chi connectivity index (χ3n) is 9.26. The van der Waals surface area contributed by atoms with E-state index in [1.54, 1.807) is 0 Å². The van der Waals surface area contributed by atoms with E-state index < -0.39 is 0 Å². The monoisotopic (exact) mass is 540 g/mol. The van der Waals surface area contributed by atoms with Gasteiger partial charge < -0.3 is 19.3 Å². The highest BCUT2D eigenvalue weighted by molar-refractivity contribution is 9.09. The van der Waals surface area contributed by atoms with Gasteiger partial charge in [-0.25, -0.2) is 0 Å². The number of alkyl halides is 1. The van der Waals surface area contributed by atoms with Crippen molar-refractivity contribution in [2.45, 2.75) is 83.8 Å². The van der Waals surface area contributed by atoms with Gasteiger partial charge in [-0.05, 0) is 48.9 Å². The highest BCUT2D eigenvalue weighted by Crippen LogP contribution is 2.74. The Balaban J connectivity index is 1.76. The Morgan fingerprint density at radius 1 is 1.06 bits per heavy atom. The molecule has 4 rings (SSSR count). The summed E-state index contributed by atoms with van der Waals surface area (Å²) in [5.74, 6) is -0.603. The molecule has 3 saturated carbocycles. The largest absolute Gasteiger partial charge is 0.465 e. The van der Waals surface area contributed by atoms with E-state index in [2.05, 4.69) is 35.9 Å². The quantitative estimate of drug-likeness (QED) is 0.235. The summed E-state index contributed by atoms with van der Waals surface area (Å²) >= 11 is 3.67. The molecule has 0 aromatic carbocycles. The molecule has 7 nitrogen and oxygen atoms in total. The molecule has 1 N–H and O–H groups in total. The molecule has 9 atom stereocenters. The molecule has 190 valence electrons. The first-order chi connectivity index (χ1) is 15.9. The van der Waals surface area contributed by atoms with Crippen molar-refractivity contribution >= 4 is 33.8 Å². The average molecular weight is 541 g/mol. The van der Waals surface area contributed by atoms with Crippen LogP contribution in [-0.4, -0.2) is 53.3 Å². The Morgan fingerprint density at radius 3 is 2.29 bits per heavy atom. The van der Waals surface area contributed by atoms with Crippen molar-refractivity contribution in [2.75, 3.05) is 13.2 Å². The summed E-state index contributed by atoms with van der Waals surface area (Å²) in [4.78, 5) is 35.7. The number of ether oxygens (including phenoxy) is 3. The average Bonchev–Trinajstić information content (AvgIpc) is 3.48. The van der Waals surface area contributed by atoms with Gasteiger partial charge >= 0.3 is 17.9 Å². The molecule has 0 saturated heterocycles. The lowest BCUT2D eigenvalue weighted by Gasteiger charge is -2.59. The molecule has 0 aromatic heterocycles. The summed E-state index contributed by atoms with van der Waals surface area (Å²) in [6.07, 6.45) is 5.59. The lowest BCUT2D eigenvalue weighted by Crippen LogP contribution is -2.56. The second kappa shape index (κ2) is 8.91. The number of carbonyl (C=O) groups excluding carboxylic acids is 3. The molecule has 34 heavy (non-hydrogen) atoms. The maximum Gasteiger partial charge on any atom is 0.302 e. The van der Waals surface area contributed by atoms with Crippen molar-refractivity contribution in [3.63, 3.8) is 0 Å². The van der Waals surface area contributed by atoms with Crippen LogP contribution in [0, 0.1) is 34.0 Å². The number of rotatable bonds is 6. The topological polar surface area (TPSA) is 99.1 Å². The number of carbonyl (C=O) groups is 3. The SMILES string of the molecule is CC(=O)OC[C@]12C[C@H]1[C@H](OC(C)=O)C[C@@]1(C)C3=CC[C@](C)([C@@H](Br)CO)C[C@H]3[C@H](OC(C)=O)C[C@H]21. The van der Waals surface area contributed by atoms with Gasteiger partial charge in [0, 0.05) is 42.8 Å². The number of hydrogen-bond donors (Lipinski definition) is 1. The van der Waals surface area contributed by atoms with Crippen molar-refractivity contribution in [2.24, 2.45) is 34.0 Å². The van der Waals surface area contributed by atoms with Crippen molar-refractivity contribution in [1.82, 2.24) is 0 Å². The molecule has 0 aromatic rings. The van der Waals surface area contributed by atoms with Crippen LogP contribution in [0.5, 0.6) is 0 Å². The fourth-order valence-corrected chi connectivity index (χ4v) is 8.01. The standard InChI is InChI=1S/C26H37BrO7/c1-14(29)32-13-26-10-19(26)21(34-16(3)31)11-25(5)18-6-7-24(4,23(27)12-28)9-17(18)20(8-22(25)26)33-15(2)30/h6,17,19-23,28H,7-13H2,1-5H3/t17-,19+,20-,21-,22+,23+,24+,25+,26-/m1/s1. The summed E-state index contributed by atoms with van der Waals surface area (Å²) in [6.45, 7) is 9.06. The number of allylic oxidation sites excluding steroid dienone is 1. The van der Waals surface area contributed by atoms with E-state index in [9.17, 15) is 19.5 Å². The van der Waals surface area contributed by atoms with Crippen LogP contribution < -0.4 is 0 Å². The van der Waals surface area contributed by atoms with Gasteiger partial charge in [-0.1, -0.05) is 41.4 Å². The van der Waals surface area contributed by atoms with Crippen LogP contribution in [0.15, 0.2) is 11.6 Å². The second-order valence-electron chi connectivity index (χ2n) is 11.5. The van der Waals surface area contributed by atoms with Gasteiger partial charge in [0.25, 0.3) is 0 Å². The molecule has 0 bridgehead atoms. The maximum absolute atomic E-state index is 12.1. The molecular formula is C26H37BrO7. The zero-order valence-corrected chi connectivity index (χ0v) is 22.4. The fraction of sp³-hybridized carbons (Fsp3) is 0.808. The molecule has 0 amide bonds. The molecule has 0 aliphatic heterocycles. The summed E-state index contributed by atoms with van der Waals surface area (Å²) in [5, 5.41) is 9.85. The molecule has 0 unspecified atom stereocenters. The zero-order valence-electron chi connectivity index (χ0n) is 20.8. The minimum atomic E-state index is -0.318. The first-order valence-corrected chi connectivity index (χ1v) is 13.2. The van der Waals surface area contributed by atoms with Crippen LogP contribution >= 0.6 is 15.9 Å². The number of fused-ring (bicyclic) bond motifs is 5. The predicted molar refractivity (Wildman–Crippen MR) is 128 cm³/mol. The van der Waals surface area contributed by atoms with E-state index in [0.717, 1.165) is 19.3 Å². The van der Waals surface area contributed by atoms with E-state index in [0.29, 0.717) is 19.4 Å². The third-order valence-corrected chi connectivity index (χ3v) is 10.7. The highest BCUT2D eigenvalue weighted by Gasteiger charge is 2.73. The van der Waals surface area contributed by atoms with Gasteiger partial charge in [0.2, 0.25) is 0 Å². The minimum Gasteiger partial charge on any atom is -0.465 e. The third kappa shape index (κ3) is 4.23. The second-order valence-corrected chi connectivity index (χ2v) is 12.6. The summed E-state index contributed by atoms with van der Waals surface area (Å²) in [7, 11) is 0. The number of halogens is 1. The summed E-state index contributed by atoms with van der Waals surface area (Å²) < 4.78 is 17.3. The Morgan fingerprint density at radius 2 is 1.71 bits per heavy atom. The molecular weight excluding hydrogens is 504 g/mol. The fourth-order valence-electron chi connectivity index (χ4n) is 7.64. The van der Waals surface area contributed by atoms with Gasteiger partial charge in [0.05, 0.1) is 13.2 Å². The van der Waals surface area contributed by atoms with Gasteiger partial charge in [-0.15, -0.1) is 0 Å². The van der Waals surface area contributed by atoms with Gasteiger partial charge in [-0.2, -0.15) is 0 Å². The summed E-state index contributed by atoms with van der Waals surface area (Å²) in [5.41, 5.74) is 0.533. The maximum atomic E-state index is 12.1. The summed E-state index contributed by atoms with van der Waals surface area (Å²) in [6, 6.07) is 0. The Labute approximate surface area is 210 Å². The number of aliphatic hydroxyl groups excluding tert-OH is 1. The molecule has 0 heterocycles. The highest BCUT2D eigenvalue weighted by atomic mass is 79.9. The van der Waals surface area contributed by atoms with Gasteiger partial charge in [0.15, 0.2) is 0 Å². The molecule has 8 heteroatoms. The van der Waals surface area contributed by atoms with Crippen LogP contribution in [0.4, 0.5) is 0 Å². The Bertz CT molecular complexity index is 902. The van der Waals surface area contributed by atoms with Crippen LogP contribution in [0.3, 0.4) is 0 Å². The minimum absolute atomic E-state index is 0.0227. The molecule has 4 aliphatic carbocycles. The van der Waals surface area contributed by atoms with Gasteiger partial charge in [0.1, 0.15) is 12.2 Å². The van der Waals surface area contributed by atoms with Gasteiger partial charge in [-0.3, -0.25) is 14.4 Å². The number of hydrogen-bond acceptors (Lipinski definition) is 7. The van der Waals surface area contributed by atoms with Crippen LogP contribution in [0.25, 0.3) is 0 Å². The molecule has 0 spiro atoms. The smallest absolute Gasteiger partial charge is 0.302 e. The van der Waals surface area contributed by atoms with Crippen LogP contribution in [0.2, 0.25) is 0 Å². The van der Waals surface area contributed by atoms with Crippen molar-refractivity contribution in [3.05, 3.63) is 11.6 Å². The molecule has 4 aliphatic rings. The molecule has 0 radical (unpaired) electrons. The van der Waals surface area contributed by atoms with E-state index in [-0.39, 0.29) is 75.5 Å². The first kappa shape index (κ1) is 25.7. The van der Waals surface area contributed by atoms with E-state index in [4.69, 9.17) is 14.2 Å². The van der Waals surface area contributed by atoms with Crippen molar-refractivity contribution in [1.29, 1.82) is 0 Å². The predicted octanol–water partition coefficient (Wildman–Crippen LogP) is 3.95. The van der Waals surface area contributed by atoms with E-state index in [1.807, 2.05) is 0 Å².